The van der Waals surface area contributed by atoms with Crippen LogP contribution in [0.15, 0.2) is 30.5 Å². The number of aromatic nitrogens is 1. The van der Waals surface area contributed by atoms with Gasteiger partial charge in [0.05, 0.1) is 28.2 Å². The van der Waals surface area contributed by atoms with Crippen molar-refractivity contribution in [3.63, 3.8) is 0 Å². The number of rotatable bonds is 3. The number of nitrogens with two attached hydrogens (primary N) is 1. The molecule has 0 saturated carbocycles. The Morgan fingerprint density at radius 2 is 2.00 bits per heavy atom. The normalized spacial score (nSPS) is 10.3. The van der Waals surface area contributed by atoms with Gasteiger partial charge in [-0.15, -0.1) is 0 Å². The highest BCUT2D eigenvalue weighted by atomic mass is 35.5. The van der Waals surface area contributed by atoms with Crippen LogP contribution >= 0.6 is 23.2 Å². The first-order valence-corrected chi connectivity index (χ1v) is 6.83. The molecule has 0 atom stereocenters. The quantitative estimate of drug-likeness (QED) is 0.850. The van der Waals surface area contributed by atoms with Gasteiger partial charge in [-0.05, 0) is 24.3 Å². The lowest BCUT2D eigenvalue weighted by atomic mass is 10.2. The van der Waals surface area contributed by atoms with Gasteiger partial charge in [0.15, 0.2) is 0 Å². The molecule has 3 N–H and O–H groups in total. The Labute approximate surface area is 132 Å². The van der Waals surface area contributed by atoms with E-state index in [1.807, 2.05) is 25.1 Å². The summed E-state index contributed by atoms with van der Waals surface area (Å²) >= 11 is 11.9. The van der Waals surface area contributed by atoms with Gasteiger partial charge < -0.3 is 16.0 Å². The van der Waals surface area contributed by atoms with Crippen LogP contribution in [0.1, 0.15) is 10.4 Å². The number of carbonyl (C=O) groups is 1. The van der Waals surface area contributed by atoms with Gasteiger partial charge in [-0.2, -0.15) is 0 Å². The van der Waals surface area contributed by atoms with Crippen molar-refractivity contribution in [2.75, 3.05) is 30.0 Å². The molecule has 1 amide bonds. The molecule has 110 valence electrons. The van der Waals surface area contributed by atoms with Crippen LogP contribution in [0.4, 0.5) is 17.1 Å². The van der Waals surface area contributed by atoms with E-state index >= 15 is 0 Å². The van der Waals surface area contributed by atoms with Gasteiger partial charge in [0, 0.05) is 19.8 Å². The maximum Gasteiger partial charge on any atom is 0.257 e. The van der Waals surface area contributed by atoms with Crippen molar-refractivity contribution in [3.8, 4) is 0 Å². The van der Waals surface area contributed by atoms with Crippen LogP contribution < -0.4 is 16.0 Å². The number of benzene rings is 1. The highest BCUT2D eigenvalue weighted by Crippen LogP contribution is 2.28. The molecule has 1 aromatic carbocycles. The van der Waals surface area contributed by atoms with Crippen LogP contribution in [0, 0.1) is 0 Å². The molecule has 0 bridgehead atoms. The molecule has 0 spiro atoms. The van der Waals surface area contributed by atoms with E-state index in [0.717, 1.165) is 5.69 Å². The number of hydrogen-bond acceptors (Lipinski definition) is 4. The standard InChI is InChI=1S/C14H14Cl2N4O/c1-20(2)12-4-3-8(5-10(12)15)19-14(21)9-6-13(16)18-7-11(9)17/h3-7H,17H2,1-2H3,(H,19,21). The van der Waals surface area contributed by atoms with Gasteiger partial charge in [0.2, 0.25) is 0 Å². The minimum atomic E-state index is -0.370. The molecule has 5 nitrogen and oxygen atoms in total. The average molecular weight is 325 g/mol. The van der Waals surface area contributed by atoms with E-state index in [1.54, 1.807) is 12.1 Å². The summed E-state index contributed by atoms with van der Waals surface area (Å²) in [6.45, 7) is 0. The second-order valence-electron chi connectivity index (χ2n) is 4.61. The summed E-state index contributed by atoms with van der Waals surface area (Å²) in [4.78, 5) is 17.9. The molecule has 0 aliphatic rings. The summed E-state index contributed by atoms with van der Waals surface area (Å²) in [6.07, 6.45) is 1.35. The molecule has 0 radical (unpaired) electrons. The fourth-order valence-corrected chi connectivity index (χ4v) is 2.29. The highest BCUT2D eigenvalue weighted by Gasteiger charge is 2.12. The summed E-state index contributed by atoms with van der Waals surface area (Å²) in [5.41, 5.74) is 7.68. The van der Waals surface area contributed by atoms with Crippen molar-refractivity contribution in [3.05, 3.63) is 46.2 Å². The lowest BCUT2D eigenvalue weighted by Gasteiger charge is -2.15. The Balaban J connectivity index is 2.24. The van der Waals surface area contributed by atoms with Crippen LogP contribution in [-0.2, 0) is 0 Å². The van der Waals surface area contributed by atoms with Crippen LogP contribution in [0.25, 0.3) is 0 Å². The highest BCUT2D eigenvalue weighted by molar-refractivity contribution is 6.33. The first-order chi connectivity index (χ1) is 9.88. The zero-order chi connectivity index (χ0) is 15.6. The molecule has 0 fully saturated rings. The number of nitrogens with one attached hydrogen (secondary N) is 1. The van der Waals surface area contributed by atoms with Crippen molar-refractivity contribution < 1.29 is 4.79 Å². The number of anilines is 3. The molecule has 1 aromatic heterocycles. The maximum absolute atomic E-state index is 12.2. The van der Waals surface area contributed by atoms with Crippen LogP contribution in [0.2, 0.25) is 10.2 Å². The molecular weight excluding hydrogens is 311 g/mol. The summed E-state index contributed by atoms with van der Waals surface area (Å²) in [5, 5.41) is 3.47. The van der Waals surface area contributed by atoms with Gasteiger partial charge in [-0.3, -0.25) is 4.79 Å². The van der Waals surface area contributed by atoms with E-state index in [-0.39, 0.29) is 22.3 Å². The van der Waals surface area contributed by atoms with Crippen LogP contribution in [0.3, 0.4) is 0 Å². The van der Waals surface area contributed by atoms with E-state index < -0.39 is 0 Å². The van der Waals surface area contributed by atoms with Crippen molar-refractivity contribution in [2.45, 2.75) is 0 Å². The molecule has 0 unspecified atom stereocenters. The second kappa shape index (κ2) is 6.20. The minimum Gasteiger partial charge on any atom is -0.397 e. The lowest BCUT2D eigenvalue weighted by molar-refractivity contribution is 0.102. The van der Waals surface area contributed by atoms with Gasteiger partial charge in [0.25, 0.3) is 5.91 Å². The minimum absolute atomic E-state index is 0.204. The predicted octanol–water partition coefficient (Wildman–Crippen LogP) is 3.29. The average Bonchev–Trinajstić information content (AvgIpc) is 2.41. The van der Waals surface area contributed by atoms with E-state index in [4.69, 9.17) is 28.9 Å². The third-order valence-corrected chi connectivity index (χ3v) is 3.34. The molecule has 2 aromatic rings. The number of nitrogens with zero attached hydrogens (tertiary/aromatic N) is 2. The summed E-state index contributed by atoms with van der Waals surface area (Å²) in [5.74, 6) is -0.370. The Morgan fingerprint density at radius 1 is 1.29 bits per heavy atom. The Morgan fingerprint density at radius 3 is 2.62 bits per heavy atom. The number of amides is 1. The predicted molar refractivity (Wildman–Crippen MR) is 87.4 cm³/mol. The molecule has 1 heterocycles. The molecule has 2 rings (SSSR count). The Hall–Kier alpha value is -1.98. The van der Waals surface area contributed by atoms with Gasteiger partial charge in [-0.1, -0.05) is 23.2 Å². The molecule has 0 saturated heterocycles. The Kier molecular flexibility index (Phi) is 4.55. The van der Waals surface area contributed by atoms with Crippen molar-refractivity contribution in [2.24, 2.45) is 0 Å². The maximum atomic E-state index is 12.2. The van der Waals surface area contributed by atoms with Gasteiger partial charge in [-0.25, -0.2) is 4.98 Å². The summed E-state index contributed by atoms with van der Waals surface area (Å²) in [6, 6.07) is 6.68. The second-order valence-corrected chi connectivity index (χ2v) is 5.40. The first kappa shape index (κ1) is 15.4. The lowest BCUT2D eigenvalue weighted by Crippen LogP contribution is -2.15. The van der Waals surface area contributed by atoms with Crippen molar-refractivity contribution in [1.29, 1.82) is 0 Å². The smallest absolute Gasteiger partial charge is 0.257 e. The van der Waals surface area contributed by atoms with E-state index in [0.29, 0.717) is 10.7 Å². The monoisotopic (exact) mass is 324 g/mol. The molecule has 0 aliphatic heterocycles. The summed E-state index contributed by atoms with van der Waals surface area (Å²) in [7, 11) is 3.78. The Bertz CT molecular complexity index is 689. The number of pyridine rings is 1. The molecule has 0 aliphatic carbocycles. The third kappa shape index (κ3) is 3.56. The third-order valence-electron chi connectivity index (χ3n) is 2.83. The fraction of sp³-hybridized carbons (Fsp3) is 0.143. The summed E-state index contributed by atoms with van der Waals surface area (Å²) < 4.78 is 0. The fourth-order valence-electron chi connectivity index (χ4n) is 1.78. The van der Waals surface area contributed by atoms with Crippen LogP contribution in [-0.4, -0.2) is 25.0 Å². The number of carbonyl (C=O) groups excluding carboxylic acids is 1. The topological polar surface area (TPSA) is 71.2 Å². The van der Waals surface area contributed by atoms with Gasteiger partial charge >= 0.3 is 0 Å². The number of hydrogen-bond donors (Lipinski definition) is 2. The largest absolute Gasteiger partial charge is 0.397 e. The van der Waals surface area contributed by atoms with Crippen molar-refractivity contribution >= 4 is 46.2 Å². The molecular formula is C14H14Cl2N4O. The zero-order valence-electron chi connectivity index (χ0n) is 11.5. The van der Waals surface area contributed by atoms with E-state index in [9.17, 15) is 4.79 Å². The zero-order valence-corrected chi connectivity index (χ0v) is 13.0. The van der Waals surface area contributed by atoms with Gasteiger partial charge in [0.1, 0.15) is 5.15 Å². The number of halogens is 2. The molecule has 7 heteroatoms. The first-order valence-electron chi connectivity index (χ1n) is 6.07. The number of nitrogen functional groups attached to an aromatic ring is 1. The van der Waals surface area contributed by atoms with E-state index in [1.165, 1.54) is 12.3 Å². The SMILES string of the molecule is CN(C)c1ccc(NC(=O)c2cc(Cl)ncc2N)cc1Cl. The molecule has 21 heavy (non-hydrogen) atoms. The van der Waals surface area contributed by atoms with E-state index in [2.05, 4.69) is 10.3 Å². The van der Waals surface area contributed by atoms with Crippen molar-refractivity contribution in [1.82, 2.24) is 4.98 Å². The van der Waals surface area contributed by atoms with Crippen LogP contribution in [0.5, 0.6) is 0 Å².